The molecular weight excluding hydrogens is 422 g/mol. The van der Waals surface area contributed by atoms with Crippen LogP contribution in [0.25, 0.3) is 0 Å². The molecule has 0 unspecified atom stereocenters. The number of benzene rings is 1. The number of nitrogens with zero attached hydrogens (tertiary/aromatic N) is 4. The molecule has 0 saturated carbocycles. The van der Waals surface area contributed by atoms with Gasteiger partial charge in [0.2, 0.25) is 5.88 Å². The summed E-state index contributed by atoms with van der Waals surface area (Å²) in [5.74, 6) is -0.227. The fourth-order valence-electron chi connectivity index (χ4n) is 2.69. The first-order chi connectivity index (χ1) is 15.3. The Bertz CT molecular complexity index is 1080. The van der Waals surface area contributed by atoms with Crippen molar-refractivity contribution in [3.05, 3.63) is 50.7 Å². The van der Waals surface area contributed by atoms with Crippen molar-refractivity contribution in [2.24, 2.45) is 5.10 Å². The summed E-state index contributed by atoms with van der Waals surface area (Å²) >= 11 is 0. The normalized spacial score (nSPS) is 10.5. The van der Waals surface area contributed by atoms with Crippen LogP contribution in [0.3, 0.4) is 0 Å². The zero-order chi connectivity index (χ0) is 23.7. The van der Waals surface area contributed by atoms with Gasteiger partial charge in [-0.1, -0.05) is 0 Å². The zero-order valence-electron chi connectivity index (χ0n) is 17.9. The highest BCUT2D eigenvalue weighted by Gasteiger charge is 2.18. The van der Waals surface area contributed by atoms with Crippen molar-refractivity contribution in [3.8, 4) is 23.4 Å². The number of nitro benzene ring substituents is 1. The molecule has 0 spiro atoms. The minimum Gasteiger partial charge on any atom is -0.493 e. The molecule has 0 aliphatic rings. The van der Waals surface area contributed by atoms with Gasteiger partial charge in [0.05, 0.1) is 43.6 Å². The van der Waals surface area contributed by atoms with E-state index in [1.54, 1.807) is 13.0 Å². The molecule has 0 saturated heterocycles. The van der Waals surface area contributed by atoms with Crippen LogP contribution in [-0.4, -0.2) is 50.0 Å². The molecule has 1 amide bonds. The number of aryl methyl sites for hydroxylation is 1. The number of rotatable bonds is 10. The van der Waals surface area contributed by atoms with Crippen molar-refractivity contribution in [1.29, 1.82) is 5.26 Å². The van der Waals surface area contributed by atoms with Gasteiger partial charge in [-0.05, 0) is 19.1 Å². The minimum absolute atomic E-state index is 0.00536. The van der Waals surface area contributed by atoms with E-state index in [1.807, 2.05) is 6.07 Å². The second-order valence-corrected chi connectivity index (χ2v) is 6.25. The van der Waals surface area contributed by atoms with Crippen molar-refractivity contribution < 1.29 is 28.7 Å². The summed E-state index contributed by atoms with van der Waals surface area (Å²) in [6.07, 6.45) is 1.10. The number of ether oxygens (including phenoxy) is 4. The first kappa shape index (κ1) is 24.0. The average molecular weight is 443 g/mol. The van der Waals surface area contributed by atoms with E-state index in [1.165, 1.54) is 33.5 Å². The molecule has 0 aliphatic heterocycles. The van der Waals surface area contributed by atoms with Crippen molar-refractivity contribution in [2.75, 3.05) is 27.9 Å². The van der Waals surface area contributed by atoms with Crippen LogP contribution in [0, 0.1) is 28.4 Å². The molecule has 0 radical (unpaired) electrons. The van der Waals surface area contributed by atoms with Crippen LogP contribution in [0.1, 0.15) is 22.4 Å². The van der Waals surface area contributed by atoms with Crippen LogP contribution in [0.2, 0.25) is 0 Å². The summed E-state index contributed by atoms with van der Waals surface area (Å²) in [7, 11) is 4.23. The zero-order valence-corrected chi connectivity index (χ0v) is 17.9. The highest BCUT2D eigenvalue weighted by molar-refractivity contribution is 5.88. The Morgan fingerprint density at radius 1 is 1.28 bits per heavy atom. The van der Waals surface area contributed by atoms with Gasteiger partial charge < -0.3 is 18.9 Å². The minimum atomic E-state index is -0.662. The SMILES string of the molecule is COCc1cc(C)nc(OCC(=O)N/N=C/c2cc(OC)c(OC)cc2[N+](=O)[O-])c1C#N. The van der Waals surface area contributed by atoms with E-state index in [9.17, 15) is 20.2 Å². The van der Waals surface area contributed by atoms with Crippen molar-refractivity contribution in [3.63, 3.8) is 0 Å². The lowest BCUT2D eigenvalue weighted by molar-refractivity contribution is -0.385. The van der Waals surface area contributed by atoms with Gasteiger partial charge in [0, 0.05) is 18.4 Å². The number of nitrogens with one attached hydrogen (secondary N) is 1. The number of amides is 1. The van der Waals surface area contributed by atoms with Crippen LogP contribution < -0.4 is 19.6 Å². The van der Waals surface area contributed by atoms with Crippen molar-refractivity contribution in [1.82, 2.24) is 10.4 Å². The van der Waals surface area contributed by atoms with Crippen LogP contribution >= 0.6 is 0 Å². The smallest absolute Gasteiger partial charge is 0.282 e. The summed E-state index contributed by atoms with van der Waals surface area (Å²) < 4.78 is 20.6. The maximum absolute atomic E-state index is 12.1. The molecule has 2 rings (SSSR count). The topological polar surface area (TPSA) is 158 Å². The Labute approximate surface area is 183 Å². The number of methoxy groups -OCH3 is 3. The predicted molar refractivity (Wildman–Crippen MR) is 112 cm³/mol. The summed E-state index contributed by atoms with van der Waals surface area (Å²) in [6.45, 7) is 1.42. The van der Waals surface area contributed by atoms with Crippen molar-refractivity contribution in [2.45, 2.75) is 13.5 Å². The Balaban J connectivity index is 2.11. The van der Waals surface area contributed by atoms with Gasteiger partial charge in [-0.2, -0.15) is 10.4 Å². The van der Waals surface area contributed by atoms with Gasteiger partial charge in [0.15, 0.2) is 18.1 Å². The number of nitro groups is 1. The molecule has 1 aromatic carbocycles. The molecule has 1 aromatic heterocycles. The van der Waals surface area contributed by atoms with Crippen LogP contribution in [0.5, 0.6) is 17.4 Å². The third-order valence-corrected chi connectivity index (χ3v) is 4.07. The lowest BCUT2D eigenvalue weighted by atomic mass is 10.1. The number of hydrogen-bond donors (Lipinski definition) is 1. The lowest BCUT2D eigenvalue weighted by Crippen LogP contribution is -2.25. The van der Waals surface area contributed by atoms with E-state index in [2.05, 4.69) is 15.5 Å². The van der Waals surface area contributed by atoms with E-state index < -0.39 is 17.4 Å². The van der Waals surface area contributed by atoms with Crippen molar-refractivity contribution >= 4 is 17.8 Å². The maximum Gasteiger partial charge on any atom is 0.282 e. The maximum atomic E-state index is 12.1. The number of carbonyl (C=O) groups is 1. The second kappa shape index (κ2) is 11.2. The molecule has 1 N–H and O–H groups in total. The fourth-order valence-corrected chi connectivity index (χ4v) is 2.69. The highest BCUT2D eigenvalue weighted by Crippen LogP contribution is 2.33. The Morgan fingerprint density at radius 2 is 1.97 bits per heavy atom. The summed E-state index contributed by atoms with van der Waals surface area (Å²) in [5.41, 5.74) is 3.33. The fraction of sp³-hybridized carbons (Fsp3) is 0.300. The number of carbonyl (C=O) groups excluding carboxylic acids is 1. The molecule has 0 fully saturated rings. The van der Waals surface area contributed by atoms with E-state index in [4.69, 9.17) is 18.9 Å². The number of aromatic nitrogens is 1. The molecule has 168 valence electrons. The Kier molecular flexibility index (Phi) is 8.44. The third-order valence-electron chi connectivity index (χ3n) is 4.07. The largest absolute Gasteiger partial charge is 0.493 e. The molecule has 0 bridgehead atoms. The standard InChI is InChI=1S/C20H21N5O7/c1-12-5-14(10-29-2)15(8-21)20(23-12)32-11-19(26)24-22-9-13-6-17(30-3)18(31-4)7-16(13)25(27)28/h5-7,9H,10-11H2,1-4H3,(H,24,26)/b22-9+. The van der Waals surface area contributed by atoms with Crippen LogP contribution in [0.4, 0.5) is 5.69 Å². The molecule has 12 nitrogen and oxygen atoms in total. The van der Waals surface area contributed by atoms with Crippen LogP contribution in [0.15, 0.2) is 23.3 Å². The van der Waals surface area contributed by atoms with Gasteiger partial charge in [-0.3, -0.25) is 14.9 Å². The van der Waals surface area contributed by atoms with Gasteiger partial charge in [-0.25, -0.2) is 10.4 Å². The van der Waals surface area contributed by atoms with E-state index in [0.717, 1.165) is 6.21 Å². The average Bonchev–Trinajstić information content (AvgIpc) is 2.77. The molecule has 12 heteroatoms. The van der Waals surface area contributed by atoms with Gasteiger partial charge in [0.25, 0.3) is 11.6 Å². The summed E-state index contributed by atoms with van der Waals surface area (Å²) in [5, 5.41) is 24.4. The Hall–Kier alpha value is -4.24. The predicted octanol–water partition coefficient (Wildman–Crippen LogP) is 1.86. The number of hydrogen-bond acceptors (Lipinski definition) is 10. The summed E-state index contributed by atoms with van der Waals surface area (Å²) in [6, 6.07) is 6.22. The first-order valence-corrected chi connectivity index (χ1v) is 9.09. The lowest BCUT2D eigenvalue weighted by Gasteiger charge is -2.10. The van der Waals surface area contributed by atoms with Gasteiger partial charge >= 0.3 is 0 Å². The molecule has 2 aromatic rings. The monoisotopic (exact) mass is 443 g/mol. The highest BCUT2D eigenvalue weighted by atomic mass is 16.6. The molecule has 32 heavy (non-hydrogen) atoms. The quantitative estimate of drug-likeness (QED) is 0.328. The Morgan fingerprint density at radius 3 is 2.56 bits per heavy atom. The second-order valence-electron chi connectivity index (χ2n) is 6.25. The third kappa shape index (κ3) is 5.89. The molecule has 0 aliphatic carbocycles. The van der Waals surface area contributed by atoms with Gasteiger partial charge in [0.1, 0.15) is 11.6 Å². The van der Waals surface area contributed by atoms with E-state index in [-0.39, 0.29) is 40.8 Å². The van der Waals surface area contributed by atoms with Gasteiger partial charge in [-0.15, -0.1) is 0 Å². The molecule has 1 heterocycles. The van der Waals surface area contributed by atoms with E-state index >= 15 is 0 Å². The number of nitriles is 1. The first-order valence-electron chi connectivity index (χ1n) is 9.09. The molecule has 0 atom stereocenters. The van der Waals surface area contributed by atoms with E-state index in [0.29, 0.717) is 11.3 Å². The summed E-state index contributed by atoms with van der Waals surface area (Å²) in [4.78, 5) is 26.9. The number of hydrazone groups is 1. The molecular formula is C20H21N5O7. The van der Waals surface area contributed by atoms with Crippen LogP contribution in [-0.2, 0) is 16.1 Å². The number of pyridine rings is 1.